The van der Waals surface area contributed by atoms with Crippen molar-refractivity contribution < 1.29 is 0 Å². The van der Waals surface area contributed by atoms with E-state index in [9.17, 15) is 0 Å². The van der Waals surface area contributed by atoms with E-state index in [1.165, 1.54) is 149 Å². The molecule has 0 aliphatic carbocycles. The molecule has 0 heterocycles. The summed E-state index contributed by atoms with van der Waals surface area (Å²) in [5.41, 5.74) is 28.7. The Balaban J connectivity index is -0.000000648. The van der Waals surface area contributed by atoms with Crippen LogP contribution in [0.4, 0.5) is 0 Å². The molecule has 11 atom stereocenters. The molecular formula is C103H153P11. The number of rotatable bonds is 15. The van der Waals surface area contributed by atoms with Gasteiger partial charge < -0.3 is 0 Å². The first kappa shape index (κ1) is 116. The molecule has 0 aliphatic heterocycles. The fourth-order valence-electron chi connectivity index (χ4n) is 10.6. The van der Waals surface area contributed by atoms with Gasteiger partial charge in [0, 0.05) is 0 Å². The first-order chi connectivity index (χ1) is 55.9. The molecule has 114 heavy (non-hydrogen) atoms. The lowest BCUT2D eigenvalue weighted by Crippen LogP contribution is -1.97. The second-order valence-corrected chi connectivity index (χ2v) is 28.1. The molecule has 0 nitrogen and oxygen atoms in total. The van der Waals surface area contributed by atoms with Crippen LogP contribution < -0.4 is 26.5 Å². The molecule has 0 N–H and O–H groups in total. The predicted octanol–water partition coefficient (Wildman–Crippen LogP) is 32.6. The minimum absolute atomic E-state index is 0.828. The Hall–Kier alpha value is -4.63. The lowest BCUT2D eigenvalue weighted by Gasteiger charge is -2.12. The average molecular weight is 1730 g/mol. The van der Waals surface area contributed by atoms with Crippen molar-refractivity contribution in [3.8, 4) is 89.0 Å². The van der Waals surface area contributed by atoms with Gasteiger partial charge in [-0.25, -0.2) is 0 Å². The highest BCUT2D eigenvalue weighted by Gasteiger charge is 2.10. The minimum Gasteiger partial charge on any atom is -0.133 e. The van der Waals surface area contributed by atoms with Crippen LogP contribution in [0, 0.1) is 0 Å². The molecule has 620 valence electrons. The van der Waals surface area contributed by atoms with Gasteiger partial charge >= 0.3 is 0 Å². The highest BCUT2D eigenvalue weighted by Crippen LogP contribution is 2.34. The summed E-state index contributed by atoms with van der Waals surface area (Å²) in [7, 11) is 28.7. The summed E-state index contributed by atoms with van der Waals surface area (Å²) in [5.74, 6) is 0. The van der Waals surface area contributed by atoms with E-state index in [1.54, 1.807) is 0 Å². The van der Waals surface area contributed by atoms with Gasteiger partial charge in [-0.3, -0.25) is 0 Å². The predicted molar refractivity (Wildman–Crippen MR) is 577 cm³/mol. The van der Waals surface area contributed by atoms with E-state index < -0.39 is 0 Å². The van der Waals surface area contributed by atoms with E-state index in [4.69, 9.17) is 0 Å². The largest absolute Gasteiger partial charge is 0.133 e. The normalized spacial score (nSPS) is 9.18. The summed E-state index contributed by atoms with van der Waals surface area (Å²) in [5, 5.41) is 6.28. The lowest BCUT2D eigenvalue weighted by atomic mass is 9.95. The van der Waals surface area contributed by atoms with E-state index in [0.29, 0.717) is 0 Å². The molecule has 0 bridgehead atoms. The molecular weight excluding hydrogens is 1580 g/mol. The van der Waals surface area contributed by atoms with E-state index in [-0.39, 0.29) is 0 Å². The summed E-state index contributed by atoms with van der Waals surface area (Å²) in [6.07, 6.45) is 5.97. The third-order valence-electron chi connectivity index (χ3n) is 15.7. The molecule has 12 aromatic rings. The van der Waals surface area contributed by atoms with Crippen LogP contribution in [0.2, 0.25) is 0 Å². The molecule has 0 saturated heterocycles. The van der Waals surface area contributed by atoms with Crippen LogP contribution in [0.15, 0.2) is 273 Å². The Morgan fingerprint density at radius 3 is 0.737 bits per heavy atom. The number of hydrogen-bond acceptors (Lipinski definition) is 0. The van der Waals surface area contributed by atoms with E-state index in [0.717, 1.165) is 45.6 Å². The van der Waals surface area contributed by atoms with Crippen LogP contribution in [0.3, 0.4) is 0 Å². The van der Waals surface area contributed by atoms with Crippen LogP contribution >= 0.6 is 101 Å². The van der Waals surface area contributed by atoms with Gasteiger partial charge in [0.1, 0.15) is 0 Å². The zero-order chi connectivity index (χ0) is 87.4. The quantitative estimate of drug-likeness (QED) is 0.0898. The van der Waals surface area contributed by atoms with Crippen LogP contribution in [0.5, 0.6) is 0 Å². The molecule has 11 unspecified atom stereocenters. The maximum absolute atomic E-state index is 2.85. The van der Waals surface area contributed by atoms with Crippen molar-refractivity contribution in [2.24, 2.45) is 0 Å². The van der Waals surface area contributed by atoms with Gasteiger partial charge in [0.2, 0.25) is 0 Å². The number of benzene rings is 12. The maximum Gasteiger partial charge on any atom is -0.0122 e. The van der Waals surface area contributed by atoms with Crippen LogP contribution in [0.25, 0.3) is 89.0 Å². The molecule has 0 spiro atoms. The van der Waals surface area contributed by atoms with Gasteiger partial charge in [0.15, 0.2) is 0 Å². The Morgan fingerprint density at radius 1 is 0.184 bits per heavy atom. The summed E-state index contributed by atoms with van der Waals surface area (Å²) < 4.78 is 0. The third-order valence-corrected chi connectivity index (χ3v) is 20.9. The molecule has 0 fully saturated rings. The SMILES string of the molecule is CC.CC.CC.CC.CC.CC.CC.CC.CC.CC.CC.CC.CPc1cc(CP)cc(-c2cccc(-c3ccc(P)cc3)c2)c1.PCc1ccc(-c2cccc(-c3ccc(P)cc3)c2)c(CP)c1.PCc1ccc(-c2cccc(-c3ccc(P)cc3)c2)cc1.PCc1ccc(-c2cccc(-c3ccc(P)cc3)c2)cc1CP. The minimum atomic E-state index is 0.828. The monoisotopic (exact) mass is 1730 g/mol. The van der Waals surface area contributed by atoms with Crippen molar-refractivity contribution in [2.45, 2.75) is 203 Å². The molecule has 0 saturated carbocycles. The van der Waals surface area contributed by atoms with Crippen molar-refractivity contribution >= 4 is 128 Å². The Morgan fingerprint density at radius 2 is 0.439 bits per heavy atom. The Bertz CT molecular complexity index is 4240. The first-order valence-corrected chi connectivity index (χ1v) is 50.8. The van der Waals surface area contributed by atoms with Crippen molar-refractivity contribution in [1.29, 1.82) is 0 Å². The second-order valence-electron chi connectivity index (χ2n) is 21.9. The summed E-state index contributed by atoms with van der Waals surface area (Å²) >= 11 is 0. The van der Waals surface area contributed by atoms with Crippen LogP contribution in [-0.4, -0.2) is 6.66 Å². The standard InChI is InChI=1S/3C20H21P3.C19H18P2.12C2H6/c1-23-20-10-14(13-21)9-18(12-20)17-4-2-3-16(11-17)15-5-7-19(22)8-6-15;21-12-14-4-9-20(18(10-14)13-22)17-3-1-2-16(11-17)15-5-7-19(23)8-6-15;21-12-18-5-4-17(11-19(18)13-22)16-3-1-2-15(10-16)14-6-8-20(23)9-7-14;20-13-14-4-6-15(7-5-14)17-2-1-3-18(12-17)16-8-10-19(21)11-9-16;12*1-2/h2-12,23H,13,21-22H2,1H3;2*1-11H,12-13,21-23H2;1-12H,13,20-21H2;12*1-2H3. The molecule has 0 radical (unpaired) electrons. The van der Waals surface area contributed by atoms with Crippen LogP contribution in [-0.2, 0) is 37.0 Å². The van der Waals surface area contributed by atoms with E-state index in [1.807, 2.05) is 166 Å². The average Bonchev–Trinajstić information content (AvgIpc) is 0.818. The Kier molecular flexibility index (Phi) is 76.9. The summed E-state index contributed by atoms with van der Waals surface area (Å²) in [4.78, 5) is 0. The third kappa shape index (κ3) is 42.3. The van der Waals surface area contributed by atoms with Crippen molar-refractivity contribution in [3.63, 3.8) is 0 Å². The summed E-state index contributed by atoms with van der Waals surface area (Å²) in [6.45, 7) is 50.2. The molecule has 11 heteroatoms. The maximum atomic E-state index is 2.85. The fourth-order valence-corrected chi connectivity index (χ4v) is 13.9. The molecule has 12 rings (SSSR count). The lowest BCUT2D eigenvalue weighted by molar-refractivity contribution is 1.28. The molecule has 0 aliphatic rings. The van der Waals surface area contributed by atoms with Gasteiger partial charge in [0.25, 0.3) is 0 Å². The molecule has 12 aromatic carbocycles. The van der Waals surface area contributed by atoms with Gasteiger partial charge in [-0.1, -0.05) is 417 Å². The second kappa shape index (κ2) is 75.8. The zero-order valence-electron chi connectivity index (χ0n) is 75.0. The van der Waals surface area contributed by atoms with E-state index in [2.05, 4.69) is 372 Å². The smallest absolute Gasteiger partial charge is 0.0122 e. The van der Waals surface area contributed by atoms with Gasteiger partial charge in [-0.15, -0.1) is 92.4 Å². The van der Waals surface area contributed by atoms with Crippen LogP contribution in [0.1, 0.15) is 200 Å². The van der Waals surface area contributed by atoms with Crippen molar-refractivity contribution in [3.05, 3.63) is 306 Å². The van der Waals surface area contributed by atoms with Crippen molar-refractivity contribution in [2.75, 3.05) is 6.66 Å². The molecule has 0 amide bonds. The number of hydrogen-bond donors (Lipinski definition) is 0. The van der Waals surface area contributed by atoms with Gasteiger partial charge in [0.05, 0.1) is 0 Å². The Labute approximate surface area is 727 Å². The zero-order valence-corrected chi connectivity index (χ0v) is 87.5. The van der Waals surface area contributed by atoms with Crippen molar-refractivity contribution in [1.82, 2.24) is 0 Å². The topological polar surface area (TPSA) is 0 Å². The summed E-state index contributed by atoms with van der Waals surface area (Å²) in [6, 6.07) is 98.9. The highest BCUT2D eigenvalue weighted by molar-refractivity contribution is 7.46. The van der Waals surface area contributed by atoms with Gasteiger partial charge in [-0.05, 0) is 223 Å². The van der Waals surface area contributed by atoms with E-state index >= 15 is 0 Å². The van der Waals surface area contributed by atoms with Gasteiger partial charge in [-0.2, -0.15) is 0 Å². The fraction of sp³-hybridized carbons (Fsp3) is 0.301. The first-order valence-electron chi connectivity index (χ1n) is 42.1. The molecule has 0 aromatic heterocycles. The highest BCUT2D eigenvalue weighted by atomic mass is 31.1.